The van der Waals surface area contributed by atoms with E-state index in [9.17, 15) is 9.90 Å². The zero-order chi connectivity index (χ0) is 18.1. The quantitative estimate of drug-likeness (QED) is 0.918. The molecule has 1 aromatic heterocycles. The Morgan fingerprint density at radius 3 is 2.50 bits per heavy atom. The smallest absolute Gasteiger partial charge is 0.410 e. The average Bonchev–Trinajstić information content (AvgIpc) is 2.93. The molecule has 0 spiro atoms. The SMILES string of the molecule is Cc1ccc(C2(O)CC3CCC(C2)N3C(=O)OCc2ccccc2)cn1. The number of rotatable bonds is 3. The van der Waals surface area contributed by atoms with Gasteiger partial charge in [-0.2, -0.15) is 0 Å². The lowest BCUT2D eigenvalue weighted by atomic mass is 9.81. The number of aryl methyl sites for hydroxylation is 1. The molecule has 26 heavy (non-hydrogen) atoms. The van der Waals surface area contributed by atoms with E-state index in [0.29, 0.717) is 12.8 Å². The zero-order valence-electron chi connectivity index (χ0n) is 15.0. The van der Waals surface area contributed by atoms with Crippen LogP contribution in [-0.2, 0) is 16.9 Å². The Balaban J connectivity index is 1.45. The summed E-state index contributed by atoms with van der Waals surface area (Å²) >= 11 is 0. The van der Waals surface area contributed by atoms with Gasteiger partial charge < -0.3 is 14.7 Å². The number of carbonyl (C=O) groups is 1. The third-order valence-electron chi connectivity index (χ3n) is 5.63. The van der Waals surface area contributed by atoms with Gasteiger partial charge in [0.15, 0.2) is 0 Å². The van der Waals surface area contributed by atoms with E-state index >= 15 is 0 Å². The number of aromatic nitrogens is 1. The first-order valence-corrected chi connectivity index (χ1v) is 9.20. The van der Waals surface area contributed by atoms with Crippen molar-refractivity contribution in [3.8, 4) is 0 Å². The minimum absolute atomic E-state index is 0.0170. The molecule has 2 fully saturated rings. The average molecular weight is 352 g/mol. The van der Waals surface area contributed by atoms with E-state index < -0.39 is 5.60 Å². The van der Waals surface area contributed by atoms with Gasteiger partial charge in [0.1, 0.15) is 6.61 Å². The number of fused-ring (bicyclic) bond motifs is 2. The lowest BCUT2D eigenvalue weighted by Gasteiger charge is -2.43. The molecule has 5 nitrogen and oxygen atoms in total. The molecule has 136 valence electrons. The highest BCUT2D eigenvalue weighted by atomic mass is 16.6. The largest absolute Gasteiger partial charge is 0.445 e. The Hall–Kier alpha value is -2.40. The molecule has 1 N–H and O–H groups in total. The van der Waals surface area contributed by atoms with Crippen LogP contribution in [0.25, 0.3) is 0 Å². The first-order valence-electron chi connectivity index (χ1n) is 9.20. The van der Waals surface area contributed by atoms with Crippen LogP contribution in [0.2, 0.25) is 0 Å². The molecular formula is C21H24N2O3. The van der Waals surface area contributed by atoms with Gasteiger partial charge in [-0.1, -0.05) is 36.4 Å². The Morgan fingerprint density at radius 2 is 1.88 bits per heavy atom. The van der Waals surface area contributed by atoms with Gasteiger partial charge in [0.25, 0.3) is 0 Å². The zero-order valence-corrected chi connectivity index (χ0v) is 15.0. The van der Waals surface area contributed by atoms with E-state index in [1.54, 1.807) is 6.20 Å². The Bertz CT molecular complexity index is 762. The van der Waals surface area contributed by atoms with E-state index in [4.69, 9.17) is 4.74 Å². The molecule has 5 heteroatoms. The highest BCUT2D eigenvalue weighted by Gasteiger charge is 2.50. The molecule has 2 unspecified atom stereocenters. The summed E-state index contributed by atoms with van der Waals surface area (Å²) in [5, 5.41) is 11.2. The highest BCUT2D eigenvalue weighted by Crippen LogP contribution is 2.45. The van der Waals surface area contributed by atoms with Gasteiger partial charge in [0, 0.05) is 42.4 Å². The summed E-state index contributed by atoms with van der Waals surface area (Å²) in [6.45, 7) is 2.21. The molecule has 2 bridgehead atoms. The maximum atomic E-state index is 12.6. The number of piperidine rings is 1. The third-order valence-corrected chi connectivity index (χ3v) is 5.63. The second-order valence-corrected chi connectivity index (χ2v) is 7.46. The number of hydrogen-bond donors (Lipinski definition) is 1. The Labute approximate surface area is 153 Å². The number of amides is 1. The maximum absolute atomic E-state index is 12.6. The van der Waals surface area contributed by atoms with Crippen molar-refractivity contribution in [3.63, 3.8) is 0 Å². The van der Waals surface area contributed by atoms with Crippen molar-refractivity contribution >= 4 is 6.09 Å². The van der Waals surface area contributed by atoms with Gasteiger partial charge in [0.2, 0.25) is 0 Å². The molecule has 2 atom stereocenters. The number of benzene rings is 1. The molecular weight excluding hydrogens is 328 g/mol. The summed E-state index contributed by atoms with van der Waals surface area (Å²) in [4.78, 5) is 18.8. The summed E-state index contributed by atoms with van der Waals surface area (Å²) < 4.78 is 5.53. The number of nitrogens with zero attached hydrogens (tertiary/aromatic N) is 2. The fourth-order valence-corrected chi connectivity index (χ4v) is 4.30. The van der Waals surface area contributed by atoms with Crippen LogP contribution in [0.1, 0.15) is 42.5 Å². The van der Waals surface area contributed by atoms with Crippen molar-refractivity contribution in [1.29, 1.82) is 0 Å². The van der Waals surface area contributed by atoms with Crippen molar-refractivity contribution in [2.45, 2.75) is 56.9 Å². The van der Waals surface area contributed by atoms with E-state index in [1.807, 2.05) is 54.3 Å². The number of ether oxygens (including phenoxy) is 1. The first-order chi connectivity index (χ1) is 12.5. The molecule has 1 amide bonds. The molecule has 0 aliphatic carbocycles. The van der Waals surface area contributed by atoms with Gasteiger partial charge in [0.05, 0.1) is 5.60 Å². The summed E-state index contributed by atoms with van der Waals surface area (Å²) in [6, 6.07) is 13.6. The summed E-state index contributed by atoms with van der Waals surface area (Å²) in [7, 11) is 0. The van der Waals surface area contributed by atoms with E-state index in [0.717, 1.165) is 29.7 Å². The molecule has 2 aliphatic heterocycles. The monoisotopic (exact) mass is 352 g/mol. The number of carbonyl (C=O) groups excluding carboxylic acids is 1. The van der Waals surface area contributed by atoms with Gasteiger partial charge in [-0.05, 0) is 31.4 Å². The van der Waals surface area contributed by atoms with E-state index in [2.05, 4.69) is 4.98 Å². The normalized spacial score (nSPS) is 27.4. The van der Waals surface area contributed by atoms with E-state index in [-0.39, 0.29) is 24.8 Å². The number of aliphatic hydroxyl groups is 1. The van der Waals surface area contributed by atoms with Crippen LogP contribution in [0, 0.1) is 6.92 Å². The molecule has 0 saturated carbocycles. The molecule has 0 radical (unpaired) electrons. The lowest BCUT2D eigenvalue weighted by Crippen LogP contribution is -2.52. The van der Waals surface area contributed by atoms with Crippen molar-refractivity contribution < 1.29 is 14.6 Å². The van der Waals surface area contributed by atoms with Crippen LogP contribution >= 0.6 is 0 Å². The first kappa shape index (κ1) is 17.0. The molecule has 1 aromatic carbocycles. The van der Waals surface area contributed by atoms with E-state index in [1.165, 1.54) is 0 Å². The van der Waals surface area contributed by atoms with Gasteiger partial charge in [-0.15, -0.1) is 0 Å². The van der Waals surface area contributed by atoms with Gasteiger partial charge in [-0.25, -0.2) is 4.79 Å². The van der Waals surface area contributed by atoms with Crippen molar-refractivity contribution in [3.05, 3.63) is 65.5 Å². The molecule has 4 rings (SSSR count). The van der Waals surface area contributed by atoms with Crippen LogP contribution in [0.15, 0.2) is 48.7 Å². The van der Waals surface area contributed by atoms with Gasteiger partial charge >= 0.3 is 6.09 Å². The van der Waals surface area contributed by atoms with Crippen LogP contribution in [-0.4, -0.2) is 33.2 Å². The summed E-state index contributed by atoms with van der Waals surface area (Å²) in [5.74, 6) is 0. The van der Waals surface area contributed by atoms with Crippen molar-refractivity contribution in [2.75, 3.05) is 0 Å². The van der Waals surface area contributed by atoms with Crippen LogP contribution in [0.5, 0.6) is 0 Å². The third kappa shape index (κ3) is 3.19. The molecule has 2 aliphatic rings. The lowest BCUT2D eigenvalue weighted by molar-refractivity contribution is -0.0538. The highest BCUT2D eigenvalue weighted by molar-refractivity contribution is 5.69. The van der Waals surface area contributed by atoms with Crippen LogP contribution < -0.4 is 0 Å². The van der Waals surface area contributed by atoms with Crippen LogP contribution in [0.4, 0.5) is 4.79 Å². The van der Waals surface area contributed by atoms with Crippen molar-refractivity contribution in [1.82, 2.24) is 9.88 Å². The number of hydrogen-bond acceptors (Lipinski definition) is 4. The topological polar surface area (TPSA) is 62.7 Å². The van der Waals surface area contributed by atoms with Gasteiger partial charge in [-0.3, -0.25) is 4.98 Å². The summed E-state index contributed by atoms with van der Waals surface area (Å²) in [6.07, 6.45) is 4.38. The predicted octanol–water partition coefficient (Wildman–Crippen LogP) is 3.54. The number of pyridine rings is 1. The fraction of sp³-hybridized carbons (Fsp3) is 0.429. The predicted molar refractivity (Wildman–Crippen MR) is 97.4 cm³/mol. The molecule has 2 aromatic rings. The minimum atomic E-state index is -0.914. The van der Waals surface area contributed by atoms with Crippen molar-refractivity contribution in [2.24, 2.45) is 0 Å². The molecule has 3 heterocycles. The maximum Gasteiger partial charge on any atom is 0.410 e. The summed E-state index contributed by atoms with van der Waals surface area (Å²) in [5.41, 5.74) is 1.84. The van der Waals surface area contributed by atoms with Crippen LogP contribution in [0.3, 0.4) is 0 Å². The second-order valence-electron chi connectivity index (χ2n) is 7.46. The second kappa shape index (κ2) is 6.72. The minimum Gasteiger partial charge on any atom is -0.445 e. The Kier molecular flexibility index (Phi) is 4.41. The molecule has 2 saturated heterocycles. The Morgan fingerprint density at radius 1 is 1.19 bits per heavy atom. The standard InChI is InChI=1S/C21H24N2O3/c1-15-7-8-17(13-22-15)21(25)11-18-9-10-19(12-21)23(18)20(24)26-14-16-5-3-2-4-6-16/h2-8,13,18-19,25H,9-12,14H2,1H3. The fourth-order valence-electron chi connectivity index (χ4n) is 4.30.